The van der Waals surface area contributed by atoms with Crippen LogP contribution in [-0.2, 0) is 13.1 Å². The Balaban J connectivity index is 2.19. The molecule has 0 saturated carbocycles. The molecule has 2 aromatic rings. The van der Waals surface area contributed by atoms with Gasteiger partial charge in [-0.2, -0.15) is 0 Å². The van der Waals surface area contributed by atoms with Crippen molar-refractivity contribution in [3.05, 3.63) is 31.7 Å². The number of nitrogens with two attached hydrogens (primary N) is 1. The average Bonchev–Trinajstić information content (AvgIpc) is 2.74. The Morgan fingerprint density at radius 1 is 1.30 bits per heavy atom. The molecule has 0 atom stereocenters. The van der Waals surface area contributed by atoms with Crippen molar-refractivity contribution in [2.24, 2.45) is 4.99 Å². The minimum Gasteiger partial charge on any atom is -0.397 e. The molecule has 0 unspecified atom stereocenters. The number of benzene rings is 1. The van der Waals surface area contributed by atoms with Crippen LogP contribution >= 0.6 is 35.2 Å². The lowest BCUT2D eigenvalue weighted by atomic mass is 10.3. The van der Waals surface area contributed by atoms with E-state index in [2.05, 4.69) is 4.99 Å². The first-order valence-corrected chi connectivity index (χ1v) is 7.76. The smallest absolute Gasteiger partial charge is 0.207 e. The summed E-state index contributed by atoms with van der Waals surface area (Å²) in [5.41, 5.74) is 6.20. The molecule has 0 saturated heterocycles. The van der Waals surface area contributed by atoms with Gasteiger partial charge in [0.15, 0.2) is 9.77 Å². The number of hydrogen-bond donors (Lipinski definition) is 1. The van der Waals surface area contributed by atoms with E-state index in [1.54, 1.807) is 0 Å². The third kappa shape index (κ3) is 2.41. The molecule has 0 amide bonds. The first-order valence-electron chi connectivity index (χ1n) is 6.16. The standard InChI is InChI=1S/C12H12ClFN4S2/c13-7-5-8(14)10(6-9(7)15)16-11-17-3-1-2-4-18(17)12(19)20-11/h5-6H,1-4,15H2/b16-11-. The van der Waals surface area contributed by atoms with Crippen molar-refractivity contribution < 1.29 is 4.39 Å². The van der Waals surface area contributed by atoms with Gasteiger partial charge in [0.05, 0.1) is 10.7 Å². The third-order valence-electron chi connectivity index (χ3n) is 3.17. The molecule has 0 spiro atoms. The molecule has 3 rings (SSSR count). The number of anilines is 1. The molecule has 0 radical (unpaired) electrons. The van der Waals surface area contributed by atoms with Crippen molar-refractivity contribution in [2.75, 3.05) is 5.73 Å². The van der Waals surface area contributed by atoms with E-state index in [-0.39, 0.29) is 10.7 Å². The summed E-state index contributed by atoms with van der Waals surface area (Å²) in [7, 11) is 0. The molecule has 4 nitrogen and oxygen atoms in total. The normalized spacial score (nSPS) is 15.4. The highest BCUT2D eigenvalue weighted by atomic mass is 35.5. The van der Waals surface area contributed by atoms with Gasteiger partial charge in [0.2, 0.25) is 4.80 Å². The van der Waals surface area contributed by atoms with Gasteiger partial charge in [0, 0.05) is 13.1 Å². The molecular weight excluding hydrogens is 319 g/mol. The summed E-state index contributed by atoms with van der Waals surface area (Å²) in [5.74, 6) is -0.487. The van der Waals surface area contributed by atoms with Crippen molar-refractivity contribution >= 4 is 46.5 Å². The molecule has 1 aliphatic rings. The van der Waals surface area contributed by atoms with Crippen LogP contribution in [0.25, 0.3) is 0 Å². The number of aromatic nitrogens is 2. The summed E-state index contributed by atoms with van der Waals surface area (Å²) in [6.07, 6.45) is 2.18. The Morgan fingerprint density at radius 2 is 2.00 bits per heavy atom. The topological polar surface area (TPSA) is 48.2 Å². The lowest BCUT2D eigenvalue weighted by Crippen LogP contribution is -2.27. The van der Waals surface area contributed by atoms with Crippen LogP contribution < -0.4 is 10.5 Å². The van der Waals surface area contributed by atoms with Crippen LogP contribution in [-0.4, -0.2) is 9.36 Å². The van der Waals surface area contributed by atoms with Crippen molar-refractivity contribution in [3.8, 4) is 0 Å². The van der Waals surface area contributed by atoms with Gasteiger partial charge in [-0.3, -0.25) is 9.36 Å². The number of nitrogen functional groups attached to an aromatic ring is 1. The van der Waals surface area contributed by atoms with E-state index < -0.39 is 5.82 Å². The van der Waals surface area contributed by atoms with Gasteiger partial charge in [0.1, 0.15) is 5.69 Å². The summed E-state index contributed by atoms with van der Waals surface area (Å²) in [5, 5.41) is 0.195. The zero-order chi connectivity index (χ0) is 14.3. The maximum atomic E-state index is 13.9. The van der Waals surface area contributed by atoms with Crippen molar-refractivity contribution in [1.29, 1.82) is 0 Å². The maximum Gasteiger partial charge on any atom is 0.207 e. The first kappa shape index (κ1) is 13.8. The minimum atomic E-state index is -0.487. The SMILES string of the molecule is Nc1cc(/N=c2\sc(=S)n3n2CCCC3)c(F)cc1Cl. The third-order valence-corrected chi connectivity index (χ3v) is 4.83. The van der Waals surface area contributed by atoms with Crippen LogP contribution in [0.5, 0.6) is 0 Å². The van der Waals surface area contributed by atoms with E-state index in [0.29, 0.717) is 10.5 Å². The second-order valence-electron chi connectivity index (χ2n) is 4.54. The average molecular weight is 331 g/mol. The summed E-state index contributed by atoms with van der Waals surface area (Å²) >= 11 is 12.5. The van der Waals surface area contributed by atoms with E-state index in [4.69, 9.17) is 29.6 Å². The van der Waals surface area contributed by atoms with Crippen LogP contribution in [0, 0.1) is 9.77 Å². The van der Waals surface area contributed by atoms with E-state index in [9.17, 15) is 4.39 Å². The van der Waals surface area contributed by atoms with Crippen LogP contribution in [0.3, 0.4) is 0 Å². The molecule has 2 heterocycles. The lowest BCUT2D eigenvalue weighted by Gasteiger charge is -2.16. The molecule has 1 aromatic carbocycles. The zero-order valence-electron chi connectivity index (χ0n) is 10.5. The Hall–Kier alpha value is -1.18. The quantitative estimate of drug-likeness (QED) is 0.643. The number of hydrogen-bond acceptors (Lipinski definition) is 4. The van der Waals surface area contributed by atoms with Crippen molar-refractivity contribution in [2.45, 2.75) is 25.9 Å². The van der Waals surface area contributed by atoms with E-state index >= 15 is 0 Å². The molecule has 1 aromatic heterocycles. The molecule has 0 bridgehead atoms. The molecule has 2 N–H and O–H groups in total. The van der Waals surface area contributed by atoms with Gasteiger partial charge in [-0.25, -0.2) is 9.38 Å². The predicted molar refractivity (Wildman–Crippen MR) is 81.4 cm³/mol. The zero-order valence-corrected chi connectivity index (χ0v) is 12.9. The maximum absolute atomic E-state index is 13.9. The Labute approximate surface area is 128 Å². The molecule has 1 aliphatic heterocycles. The number of nitrogens with zero attached hydrogens (tertiary/aromatic N) is 3. The fraction of sp³-hybridized carbons (Fsp3) is 0.333. The van der Waals surface area contributed by atoms with Gasteiger partial charge in [0.25, 0.3) is 0 Å². The number of fused-ring (bicyclic) bond motifs is 1. The van der Waals surface area contributed by atoms with Gasteiger partial charge >= 0.3 is 0 Å². The molecule has 106 valence electrons. The van der Waals surface area contributed by atoms with Gasteiger partial charge < -0.3 is 5.73 Å². The van der Waals surface area contributed by atoms with E-state index in [1.165, 1.54) is 23.5 Å². The minimum absolute atomic E-state index is 0.185. The Kier molecular flexibility index (Phi) is 3.66. The van der Waals surface area contributed by atoms with Crippen molar-refractivity contribution in [1.82, 2.24) is 9.36 Å². The summed E-state index contributed by atoms with van der Waals surface area (Å²) in [4.78, 5) is 5.05. The van der Waals surface area contributed by atoms with Gasteiger partial charge in [-0.05, 0) is 37.2 Å². The lowest BCUT2D eigenvalue weighted by molar-refractivity contribution is 0.350. The molecular formula is C12H12ClFN4S2. The van der Waals surface area contributed by atoms with Crippen LogP contribution in [0.1, 0.15) is 12.8 Å². The number of halogens is 2. The number of rotatable bonds is 1. The largest absolute Gasteiger partial charge is 0.397 e. The Morgan fingerprint density at radius 3 is 2.75 bits per heavy atom. The second-order valence-corrected chi connectivity index (χ2v) is 6.55. The monoisotopic (exact) mass is 330 g/mol. The van der Waals surface area contributed by atoms with Crippen molar-refractivity contribution in [3.63, 3.8) is 0 Å². The summed E-state index contributed by atoms with van der Waals surface area (Å²) < 4.78 is 18.7. The van der Waals surface area contributed by atoms with Crippen LogP contribution in [0.2, 0.25) is 5.02 Å². The van der Waals surface area contributed by atoms with Gasteiger partial charge in [-0.15, -0.1) is 0 Å². The molecule has 0 fully saturated rings. The molecule has 8 heteroatoms. The first-order chi connectivity index (χ1) is 9.56. The highest BCUT2D eigenvalue weighted by molar-refractivity contribution is 7.73. The predicted octanol–water partition coefficient (Wildman–Crippen LogP) is 3.48. The van der Waals surface area contributed by atoms with Gasteiger partial charge in [-0.1, -0.05) is 22.9 Å². The molecule has 0 aliphatic carbocycles. The summed E-state index contributed by atoms with van der Waals surface area (Å²) in [6, 6.07) is 2.63. The highest BCUT2D eigenvalue weighted by Gasteiger charge is 2.12. The van der Waals surface area contributed by atoms with Crippen LogP contribution in [0.4, 0.5) is 15.8 Å². The second kappa shape index (κ2) is 5.31. The molecule has 20 heavy (non-hydrogen) atoms. The fourth-order valence-electron chi connectivity index (χ4n) is 2.16. The summed E-state index contributed by atoms with van der Waals surface area (Å²) in [6.45, 7) is 1.73. The van der Waals surface area contributed by atoms with E-state index in [1.807, 2.05) is 9.36 Å². The fourth-order valence-corrected chi connectivity index (χ4v) is 3.61. The highest BCUT2D eigenvalue weighted by Crippen LogP contribution is 2.27. The van der Waals surface area contributed by atoms with Crippen LogP contribution in [0.15, 0.2) is 17.1 Å². The van der Waals surface area contributed by atoms with E-state index in [0.717, 1.165) is 29.9 Å². The Bertz CT molecular complexity index is 790.